The van der Waals surface area contributed by atoms with Crippen LogP contribution in [0, 0.1) is 0 Å². The van der Waals surface area contributed by atoms with Gasteiger partial charge >= 0.3 is 0 Å². The predicted molar refractivity (Wildman–Crippen MR) is 44.4 cm³/mol. The van der Waals surface area contributed by atoms with Crippen LogP contribution in [-0.4, -0.2) is 43.9 Å². The third-order valence-electron chi connectivity index (χ3n) is 2.13. The highest BCUT2D eigenvalue weighted by Crippen LogP contribution is 2.07. The van der Waals surface area contributed by atoms with Gasteiger partial charge in [-0.3, -0.25) is 4.90 Å². The minimum Gasteiger partial charge on any atom is -0.458 e. The second-order valence-corrected chi connectivity index (χ2v) is 3.02. The summed E-state index contributed by atoms with van der Waals surface area (Å²) in [5.41, 5.74) is 0. The van der Waals surface area contributed by atoms with Gasteiger partial charge in [0.2, 0.25) is 0 Å². The van der Waals surface area contributed by atoms with Crippen LogP contribution >= 0.6 is 0 Å². The maximum atomic E-state index is 5.19. The first-order valence-electron chi connectivity index (χ1n) is 4.34. The van der Waals surface area contributed by atoms with E-state index in [0.29, 0.717) is 0 Å². The highest BCUT2D eigenvalue weighted by Gasteiger charge is 2.18. The molecule has 1 N–H and O–H groups in total. The molecule has 0 aliphatic carbocycles. The lowest BCUT2D eigenvalue weighted by Crippen LogP contribution is -2.46. The van der Waals surface area contributed by atoms with E-state index in [1.54, 1.807) is 12.5 Å². The summed E-state index contributed by atoms with van der Waals surface area (Å²) in [6, 6.07) is 0. The molecule has 2 aliphatic heterocycles. The molecule has 0 unspecified atom stereocenters. The van der Waals surface area contributed by atoms with E-state index in [0.717, 1.165) is 32.7 Å². The molecule has 0 aromatic carbocycles. The molecule has 12 heavy (non-hydrogen) atoms. The normalized spacial score (nSPS) is 25.3. The Morgan fingerprint density at radius 2 is 1.92 bits per heavy atom. The van der Waals surface area contributed by atoms with E-state index in [9.17, 15) is 0 Å². The van der Waals surface area contributed by atoms with Gasteiger partial charge in [0.1, 0.15) is 12.5 Å². The minimum atomic E-state index is -0.0805. The van der Waals surface area contributed by atoms with E-state index in [1.165, 1.54) is 0 Å². The van der Waals surface area contributed by atoms with Crippen molar-refractivity contribution < 1.29 is 9.47 Å². The first-order valence-corrected chi connectivity index (χ1v) is 4.34. The molecule has 0 bridgehead atoms. The van der Waals surface area contributed by atoms with Crippen LogP contribution in [0.5, 0.6) is 0 Å². The molecule has 1 saturated heterocycles. The number of hydrogen-bond acceptors (Lipinski definition) is 4. The van der Waals surface area contributed by atoms with E-state index in [4.69, 9.17) is 9.47 Å². The smallest absolute Gasteiger partial charge is 0.252 e. The van der Waals surface area contributed by atoms with Gasteiger partial charge in [-0.25, -0.2) is 0 Å². The van der Waals surface area contributed by atoms with Crippen molar-refractivity contribution in [3.63, 3.8) is 0 Å². The van der Waals surface area contributed by atoms with Crippen LogP contribution in [0.15, 0.2) is 12.5 Å². The topological polar surface area (TPSA) is 33.7 Å². The lowest BCUT2D eigenvalue weighted by Gasteiger charge is -2.28. The molecule has 2 rings (SSSR count). The van der Waals surface area contributed by atoms with Crippen molar-refractivity contribution in [1.82, 2.24) is 10.2 Å². The Kier molecular flexibility index (Phi) is 2.48. The van der Waals surface area contributed by atoms with Gasteiger partial charge in [-0.05, 0) is 0 Å². The van der Waals surface area contributed by atoms with E-state index in [-0.39, 0.29) is 6.29 Å². The summed E-state index contributed by atoms with van der Waals surface area (Å²) in [6.07, 6.45) is 3.13. The SMILES string of the molecule is C1=COC(CN2CCNCC2)O1. The molecular formula is C8H14N2O2. The molecule has 0 radical (unpaired) electrons. The first kappa shape index (κ1) is 7.89. The largest absolute Gasteiger partial charge is 0.458 e. The van der Waals surface area contributed by atoms with Gasteiger partial charge in [-0.1, -0.05) is 0 Å². The Bertz CT molecular complexity index is 158. The van der Waals surface area contributed by atoms with Crippen LogP contribution in [0.4, 0.5) is 0 Å². The summed E-state index contributed by atoms with van der Waals surface area (Å²) in [5, 5.41) is 3.30. The van der Waals surface area contributed by atoms with Gasteiger partial charge in [0, 0.05) is 26.2 Å². The Balaban J connectivity index is 1.70. The van der Waals surface area contributed by atoms with E-state index >= 15 is 0 Å². The van der Waals surface area contributed by atoms with Crippen LogP contribution in [0.25, 0.3) is 0 Å². The second-order valence-electron chi connectivity index (χ2n) is 3.02. The molecule has 0 atom stereocenters. The zero-order valence-corrected chi connectivity index (χ0v) is 7.03. The molecule has 2 aliphatic rings. The molecule has 1 fully saturated rings. The number of nitrogens with one attached hydrogen (secondary N) is 1. The molecule has 0 saturated carbocycles. The van der Waals surface area contributed by atoms with Crippen LogP contribution in [0.3, 0.4) is 0 Å². The van der Waals surface area contributed by atoms with Crippen molar-refractivity contribution in [3.05, 3.63) is 12.5 Å². The summed E-state index contributed by atoms with van der Waals surface area (Å²) >= 11 is 0. The molecule has 0 spiro atoms. The molecule has 4 nitrogen and oxygen atoms in total. The predicted octanol–water partition coefficient (Wildman–Crippen LogP) is -0.264. The zero-order chi connectivity index (χ0) is 8.23. The van der Waals surface area contributed by atoms with Crippen molar-refractivity contribution in [2.45, 2.75) is 6.29 Å². The minimum absolute atomic E-state index is 0.0805. The van der Waals surface area contributed by atoms with E-state index < -0.39 is 0 Å². The van der Waals surface area contributed by atoms with Gasteiger partial charge in [0.25, 0.3) is 6.29 Å². The maximum absolute atomic E-state index is 5.19. The molecule has 0 aromatic rings. The third kappa shape index (κ3) is 1.89. The summed E-state index contributed by atoms with van der Waals surface area (Å²) in [6.45, 7) is 5.18. The maximum Gasteiger partial charge on any atom is 0.252 e. The molecule has 68 valence electrons. The van der Waals surface area contributed by atoms with E-state index in [1.807, 2.05) is 0 Å². The quantitative estimate of drug-likeness (QED) is 0.619. The third-order valence-corrected chi connectivity index (χ3v) is 2.13. The van der Waals surface area contributed by atoms with Crippen LogP contribution in [-0.2, 0) is 9.47 Å². The number of ether oxygens (including phenoxy) is 2. The van der Waals surface area contributed by atoms with Crippen molar-refractivity contribution in [1.29, 1.82) is 0 Å². The monoisotopic (exact) mass is 170 g/mol. The number of nitrogens with zero attached hydrogens (tertiary/aromatic N) is 1. The standard InChI is InChI=1S/C8H14N2O2/c1-3-10(4-2-9-1)7-8-11-5-6-12-8/h5-6,8-9H,1-4,7H2. The van der Waals surface area contributed by atoms with Gasteiger partial charge in [-0.15, -0.1) is 0 Å². The van der Waals surface area contributed by atoms with Crippen molar-refractivity contribution in [2.24, 2.45) is 0 Å². The van der Waals surface area contributed by atoms with Crippen molar-refractivity contribution in [3.8, 4) is 0 Å². The fraction of sp³-hybridized carbons (Fsp3) is 0.750. The van der Waals surface area contributed by atoms with E-state index in [2.05, 4.69) is 10.2 Å². The number of rotatable bonds is 2. The highest BCUT2D eigenvalue weighted by atomic mass is 16.7. The summed E-state index contributed by atoms with van der Waals surface area (Å²) in [5.74, 6) is 0. The summed E-state index contributed by atoms with van der Waals surface area (Å²) in [7, 11) is 0. The lowest BCUT2D eigenvalue weighted by molar-refractivity contribution is -0.0468. The van der Waals surface area contributed by atoms with Gasteiger partial charge in [0.05, 0.1) is 6.54 Å². The Labute approximate surface area is 72.1 Å². The van der Waals surface area contributed by atoms with Gasteiger partial charge in [-0.2, -0.15) is 0 Å². The average molecular weight is 170 g/mol. The molecule has 2 heterocycles. The average Bonchev–Trinajstić information content (AvgIpc) is 2.59. The molecule has 0 aromatic heterocycles. The molecular weight excluding hydrogens is 156 g/mol. The fourth-order valence-electron chi connectivity index (χ4n) is 1.46. The highest BCUT2D eigenvalue weighted by molar-refractivity contribution is 4.75. The molecule has 4 heteroatoms. The van der Waals surface area contributed by atoms with Crippen LogP contribution < -0.4 is 5.32 Å². The summed E-state index contributed by atoms with van der Waals surface area (Å²) < 4.78 is 10.4. The van der Waals surface area contributed by atoms with Crippen LogP contribution in [0.1, 0.15) is 0 Å². The number of hydrogen-bond donors (Lipinski definition) is 1. The van der Waals surface area contributed by atoms with Gasteiger partial charge in [0.15, 0.2) is 0 Å². The first-order chi connectivity index (χ1) is 5.95. The Hall–Kier alpha value is -0.740. The van der Waals surface area contributed by atoms with Crippen LogP contribution in [0.2, 0.25) is 0 Å². The van der Waals surface area contributed by atoms with Crippen molar-refractivity contribution in [2.75, 3.05) is 32.7 Å². The second kappa shape index (κ2) is 3.78. The fourth-order valence-corrected chi connectivity index (χ4v) is 1.46. The zero-order valence-electron chi connectivity index (χ0n) is 7.03. The Morgan fingerprint density at radius 1 is 1.25 bits per heavy atom. The van der Waals surface area contributed by atoms with Gasteiger partial charge < -0.3 is 14.8 Å². The van der Waals surface area contributed by atoms with Crippen molar-refractivity contribution >= 4 is 0 Å². The molecule has 0 amide bonds. The Morgan fingerprint density at radius 3 is 2.58 bits per heavy atom. The lowest BCUT2D eigenvalue weighted by atomic mass is 10.3. The summed E-state index contributed by atoms with van der Waals surface area (Å²) in [4.78, 5) is 2.34. The number of piperazine rings is 1.